The van der Waals surface area contributed by atoms with Crippen LogP contribution in [0.15, 0.2) is 24.3 Å². The first-order valence-electron chi connectivity index (χ1n) is 4.48. The maximum Gasteiger partial charge on any atom is 0.190 e. The molecule has 1 aromatic carbocycles. The van der Waals surface area contributed by atoms with Gasteiger partial charge in [0.2, 0.25) is 0 Å². The normalized spacial score (nSPS) is 10.9. The molecule has 0 fully saturated rings. The van der Waals surface area contributed by atoms with Gasteiger partial charge in [-0.1, -0.05) is 45.0 Å². The molecule has 0 bridgehead atoms. The third-order valence-electron chi connectivity index (χ3n) is 1.83. The van der Waals surface area contributed by atoms with Crippen LogP contribution in [0.1, 0.15) is 26.3 Å². The van der Waals surface area contributed by atoms with Crippen LogP contribution in [0.5, 0.6) is 0 Å². The van der Waals surface area contributed by atoms with Gasteiger partial charge in [-0.05, 0) is 17.4 Å². The topological polar surface area (TPSA) is 4.36 Å². The molecular weight excluding hydrogens is 158 g/mol. The summed E-state index contributed by atoms with van der Waals surface area (Å²) in [6.07, 6.45) is 0.964. The summed E-state index contributed by atoms with van der Waals surface area (Å²) in [5.74, 6) is 0. The second-order valence-electron chi connectivity index (χ2n) is 4.48. The van der Waals surface area contributed by atoms with E-state index in [2.05, 4.69) is 25.6 Å². The van der Waals surface area contributed by atoms with Gasteiger partial charge in [-0.3, -0.25) is 0 Å². The minimum Gasteiger partial charge on any atom is -0.238 e. The number of hydrogen-bond acceptors (Lipinski definition) is 0. The number of rotatable bonds is 1. The van der Waals surface area contributed by atoms with Gasteiger partial charge in [-0.2, -0.15) is 0 Å². The Kier molecular flexibility index (Phi) is 2.72. The summed E-state index contributed by atoms with van der Waals surface area (Å²) in [5, 5.41) is 0. The summed E-state index contributed by atoms with van der Waals surface area (Å²) >= 11 is 0. The standard InChI is InChI=1S/C12H15N/c1-12(2,3)9-10-7-5-6-8-11(10)13-4/h5-8H,9H2,1-3H3. The Morgan fingerprint density at radius 3 is 2.38 bits per heavy atom. The highest BCUT2D eigenvalue weighted by molar-refractivity contribution is 5.52. The van der Waals surface area contributed by atoms with Crippen molar-refractivity contribution in [2.75, 3.05) is 0 Å². The fourth-order valence-electron chi connectivity index (χ4n) is 1.34. The molecule has 0 radical (unpaired) electrons. The first-order chi connectivity index (χ1) is 6.03. The average molecular weight is 173 g/mol. The molecule has 1 aromatic rings. The maximum atomic E-state index is 7.02. The van der Waals surface area contributed by atoms with E-state index in [9.17, 15) is 0 Å². The molecule has 0 saturated heterocycles. The van der Waals surface area contributed by atoms with Crippen molar-refractivity contribution >= 4 is 5.69 Å². The first-order valence-corrected chi connectivity index (χ1v) is 4.48. The van der Waals surface area contributed by atoms with E-state index in [1.54, 1.807) is 0 Å². The summed E-state index contributed by atoms with van der Waals surface area (Å²) in [6.45, 7) is 13.6. The summed E-state index contributed by atoms with van der Waals surface area (Å²) in [6, 6.07) is 7.84. The zero-order chi connectivity index (χ0) is 9.90. The Bertz CT molecular complexity index is 326. The molecule has 0 spiro atoms. The molecule has 1 nitrogen and oxygen atoms in total. The average Bonchev–Trinajstić information content (AvgIpc) is 2.02. The van der Waals surface area contributed by atoms with Crippen LogP contribution in [-0.2, 0) is 6.42 Å². The lowest BCUT2D eigenvalue weighted by atomic mass is 9.87. The molecule has 1 rings (SSSR count). The van der Waals surface area contributed by atoms with Gasteiger partial charge in [0, 0.05) is 0 Å². The highest BCUT2D eigenvalue weighted by Gasteiger charge is 2.13. The van der Waals surface area contributed by atoms with E-state index in [4.69, 9.17) is 6.57 Å². The highest BCUT2D eigenvalue weighted by Crippen LogP contribution is 2.27. The third kappa shape index (κ3) is 2.91. The Labute approximate surface area is 80.2 Å². The van der Waals surface area contributed by atoms with Gasteiger partial charge < -0.3 is 0 Å². The van der Waals surface area contributed by atoms with Crippen molar-refractivity contribution in [3.63, 3.8) is 0 Å². The van der Waals surface area contributed by atoms with Gasteiger partial charge in [-0.25, -0.2) is 4.85 Å². The van der Waals surface area contributed by atoms with Gasteiger partial charge in [-0.15, -0.1) is 0 Å². The second kappa shape index (κ2) is 3.62. The van der Waals surface area contributed by atoms with Gasteiger partial charge in [0.1, 0.15) is 0 Å². The van der Waals surface area contributed by atoms with E-state index in [-0.39, 0.29) is 5.41 Å². The minimum absolute atomic E-state index is 0.251. The van der Waals surface area contributed by atoms with Crippen molar-refractivity contribution < 1.29 is 0 Å². The lowest BCUT2D eigenvalue weighted by molar-refractivity contribution is 0.412. The Morgan fingerprint density at radius 1 is 1.23 bits per heavy atom. The van der Waals surface area contributed by atoms with Crippen LogP contribution in [0.25, 0.3) is 4.85 Å². The molecule has 0 N–H and O–H groups in total. The molecule has 1 heteroatoms. The summed E-state index contributed by atoms with van der Waals surface area (Å²) in [4.78, 5) is 3.50. The van der Waals surface area contributed by atoms with E-state index in [0.29, 0.717) is 0 Å². The molecule has 0 saturated carbocycles. The van der Waals surface area contributed by atoms with Crippen LogP contribution in [-0.4, -0.2) is 0 Å². The molecular formula is C12H15N. The first kappa shape index (κ1) is 9.80. The largest absolute Gasteiger partial charge is 0.238 e. The molecule has 68 valence electrons. The van der Waals surface area contributed by atoms with Crippen molar-refractivity contribution in [2.45, 2.75) is 27.2 Å². The van der Waals surface area contributed by atoms with E-state index >= 15 is 0 Å². The van der Waals surface area contributed by atoms with Crippen LogP contribution in [0.2, 0.25) is 0 Å². The summed E-state index contributed by atoms with van der Waals surface area (Å²) in [7, 11) is 0. The molecule has 0 unspecified atom stereocenters. The number of para-hydroxylation sites is 1. The van der Waals surface area contributed by atoms with Crippen LogP contribution < -0.4 is 0 Å². The van der Waals surface area contributed by atoms with Crippen molar-refractivity contribution in [1.82, 2.24) is 0 Å². The second-order valence-corrected chi connectivity index (χ2v) is 4.48. The van der Waals surface area contributed by atoms with Gasteiger partial charge in [0.25, 0.3) is 0 Å². The summed E-state index contributed by atoms with van der Waals surface area (Å²) in [5.41, 5.74) is 2.20. The van der Waals surface area contributed by atoms with E-state index in [0.717, 1.165) is 17.7 Å². The maximum absolute atomic E-state index is 7.02. The zero-order valence-electron chi connectivity index (χ0n) is 8.46. The van der Waals surface area contributed by atoms with Crippen LogP contribution in [0, 0.1) is 12.0 Å². The van der Waals surface area contributed by atoms with Crippen LogP contribution in [0.3, 0.4) is 0 Å². The van der Waals surface area contributed by atoms with Crippen molar-refractivity contribution in [1.29, 1.82) is 0 Å². The fraction of sp³-hybridized carbons (Fsp3) is 0.417. The Balaban J connectivity index is 2.96. The lowest BCUT2D eigenvalue weighted by Crippen LogP contribution is -2.08. The van der Waals surface area contributed by atoms with E-state index in [1.165, 1.54) is 0 Å². The predicted molar refractivity (Wildman–Crippen MR) is 55.9 cm³/mol. The summed E-state index contributed by atoms with van der Waals surface area (Å²) < 4.78 is 0. The molecule has 0 aliphatic heterocycles. The molecule has 0 amide bonds. The number of nitrogens with zero attached hydrogens (tertiary/aromatic N) is 1. The highest BCUT2D eigenvalue weighted by atomic mass is 14.6. The SMILES string of the molecule is [C-]#[N+]c1ccccc1CC(C)(C)C. The van der Waals surface area contributed by atoms with Crippen LogP contribution >= 0.6 is 0 Å². The lowest BCUT2D eigenvalue weighted by Gasteiger charge is -2.18. The molecule has 0 atom stereocenters. The number of hydrogen-bond donors (Lipinski definition) is 0. The van der Waals surface area contributed by atoms with Crippen molar-refractivity contribution in [3.05, 3.63) is 41.2 Å². The predicted octanol–water partition coefficient (Wildman–Crippen LogP) is 3.83. The van der Waals surface area contributed by atoms with Crippen LogP contribution in [0.4, 0.5) is 5.69 Å². The third-order valence-corrected chi connectivity index (χ3v) is 1.83. The van der Waals surface area contributed by atoms with Crippen molar-refractivity contribution in [3.8, 4) is 0 Å². The zero-order valence-corrected chi connectivity index (χ0v) is 8.46. The Hall–Kier alpha value is -1.29. The monoisotopic (exact) mass is 173 g/mol. The minimum atomic E-state index is 0.251. The molecule has 13 heavy (non-hydrogen) atoms. The van der Waals surface area contributed by atoms with Gasteiger partial charge in [0.05, 0.1) is 6.57 Å². The fourth-order valence-corrected chi connectivity index (χ4v) is 1.34. The van der Waals surface area contributed by atoms with E-state index < -0.39 is 0 Å². The van der Waals surface area contributed by atoms with E-state index in [1.807, 2.05) is 24.3 Å². The smallest absolute Gasteiger partial charge is 0.190 e. The Morgan fingerprint density at radius 2 is 1.85 bits per heavy atom. The molecule has 0 aliphatic rings. The molecule has 0 aromatic heterocycles. The van der Waals surface area contributed by atoms with Gasteiger partial charge >= 0.3 is 0 Å². The van der Waals surface area contributed by atoms with Crippen molar-refractivity contribution in [2.24, 2.45) is 5.41 Å². The number of benzene rings is 1. The molecule has 0 aliphatic carbocycles. The molecule has 0 heterocycles. The quantitative estimate of drug-likeness (QED) is 0.568. The van der Waals surface area contributed by atoms with Gasteiger partial charge in [0.15, 0.2) is 5.69 Å².